The fraction of sp³-hybridized carbons (Fsp3) is 0.667. The average Bonchev–Trinajstić information content (AvgIpc) is 2.39. The number of carbonyl (C=O) groups is 1. The van der Waals surface area contributed by atoms with Crippen molar-refractivity contribution in [2.45, 2.75) is 53.5 Å². The summed E-state index contributed by atoms with van der Waals surface area (Å²) in [6.07, 6.45) is 1.47. The first-order chi connectivity index (χ1) is 9.93. The van der Waals surface area contributed by atoms with Crippen molar-refractivity contribution in [2.75, 3.05) is 23.7 Å². The number of nitrogens with one attached hydrogen (secondary N) is 3. The molecule has 6 nitrogen and oxygen atoms in total. The zero-order chi connectivity index (χ0) is 15.8. The number of nitrogens with zero attached hydrogens (tertiary/aromatic N) is 2. The molecule has 0 aromatic carbocycles. The van der Waals surface area contributed by atoms with E-state index in [9.17, 15) is 4.79 Å². The highest BCUT2D eigenvalue weighted by Crippen LogP contribution is 2.19. The molecule has 6 heteroatoms. The normalized spacial score (nSPS) is 10.6. The lowest BCUT2D eigenvalue weighted by Crippen LogP contribution is -2.31. The molecule has 1 aromatic rings. The minimum atomic E-state index is 0.0465. The Labute approximate surface area is 127 Å². The smallest absolute Gasteiger partial charge is 0.221 e. The molecule has 1 aromatic heterocycles. The molecule has 118 valence electrons. The molecule has 0 atom stereocenters. The maximum Gasteiger partial charge on any atom is 0.221 e. The second-order valence-corrected chi connectivity index (χ2v) is 5.42. The van der Waals surface area contributed by atoms with Crippen LogP contribution in [0.5, 0.6) is 0 Å². The van der Waals surface area contributed by atoms with Gasteiger partial charge in [-0.1, -0.05) is 6.92 Å². The van der Waals surface area contributed by atoms with Crippen molar-refractivity contribution in [1.82, 2.24) is 15.3 Å². The van der Waals surface area contributed by atoms with E-state index < -0.39 is 0 Å². The van der Waals surface area contributed by atoms with Crippen LogP contribution in [-0.4, -0.2) is 35.0 Å². The Balaban J connectivity index is 2.62. The number of aryl methyl sites for hydroxylation is 1. The van der Waals surface area contributed by atoms with Gasteiger partial charge in [0.25, 0.3) is 0 Å². The van der Waals surface area contributed by atoms with E-state index in [4.69, 9.17) is 0 Å². The summed E-state index contributed by atoms with van der Waals surface area (Å²) in [6, 6.07) is 0.172. The maximum absolute atomic E-state index is 11.6. The number of aromatic nitrogens is 2. The molecule has 3 N–H and O–H groups in total. The molecule has 0 aliphatic rings. The third-order valence-corrected chi connectivity index (χ3v) is 2.89. The van der Waals surface area contributed by atoms with Crippen molar-refractivity contribution in [3.8, 4) is 0 Å². The standard InChI is InChI=1S/C15H27N5O/c1-6-8-16-14-11(4)15(20-12(5)19-14)17-9-7-13(21)18-10(2)3/h10H,6-9H2,1-5H3,(H,18,21)(H2,16,17,19,20). The van der Waals surface area contributed by atoms with Crippen molar-refractivity contribution in [3.63, 3.8) is 0 Å². The van der Waals surface area contributed by atoms with E-state index in [2.05, 4.69) is 32.8 Å². The molecule has 1 amide bonds. The summed E-state index contributed by atoms with van der Waals surface area (Å²) in [5.74, 6) is 2.41. The maximum atomic E-state index is 11.6. The molecule has 0 unspecified atom stereocenters. The van der Waals surface area contributed by atoms with E-state index in [1.807, 2.05) is 27.7 Å². The summed E-state index contributed by atoms with van der Waals surface area (Å²) in [7, 11) is 0. The molecular weight excluding hydrogens is 266 g/mol. The lowest BCUT2D eigenvalue weighted by Gasteiger charge is -2.14. The molecule has 0 saturated heterocycles. The van der Waals surface area contributed by atoms with Crippen LogP contribution in [0.15, 0.2) is 0 Å². The fourth-order valence-corrected chi connectivity index (χ4v) is 1.90. The number of carbonyl (C=O) groups excluding carboxylic acids is 1. The lowest BCUT2D eigenvalue weighted by atomic mass is 10.2. The zero-order valence-corrected chi connectivity index (χ0v) is 13.7. The molecule has 0 fully saturated rings. The number of hydrogen-bond acceptors (Lipinski definition) is 5. The van der Waals surface area contributed by atoms with Gasteiger partial charge in [-0.15, -0.1) is 0 Å². The Kier molecular flexibility index (Phi) is 6.91. The molecule has 0 aliphatic heterocycles. The van der Waals surface area contributed by atoms with Gasteiger partial charge in [0.2, 0.25) is 5.91 Å². The predicted octanol–water partition coefficient (Wildman–Crippen LogP) is 2.24. The van der Waals surface area contributed by atoms with Crippen molar-refractivity contribution in [2.24, 2.45) is 0 Å². The first-order valence-corrected chi connectivity index (χ1v) is 7.56. The van der Waals surface area contributed by atoms with Crippen molar-refractivity contribution in [1.29, 1.82) is 0 Å². The first kappa shape index (κ1) is 17.2. The fourth-order valence-electron chi connectivity index (χ4n) is 1.90. The van der Waals surface area contributed by atoms with E-state index in [0.717, 1.165) is 30.2 Å². The second-order valence-electron chi connectivity index (χ2n) is 5.42. The van der Waals surface area contributed by atoms with Crippen LogP contribution >= 0.6 is 0 Å². The number of anilines is 2. The topological polar surface area (TPSA) is 78.9 Å². The van der Waals surface area contributed by atoms with Gasteiger partial charge in [-0.2, -0.15) is 0 Å². The van der Waals surface area contributed by atoms with Gasteiger partial charge in [0.1, 0.15) is 17.5 Å². The number of hydrogen-bond donors (Lipinski definition) is 3. The summed E-state index contributed by atoms with van der Waals surface area (Å²) in [5, 5.41) is 9.39. The SMILES string of the molecule is CCCNc1nc(C)nc(NCCC(=O)NC(C)C)c1C. The van der Waals surface area contributed by atoms with Gasteiger partial charge in [-0.3, -0.25) is 4.79 Å². The Bertz CT molecular complexity index is 473. The van der Waals surface area contributed by atoms with Crippen LogP contribution in [0.4, 0.5) is 11.6 Å². The summed E-state index contributed by atoms with van der Waals surface area (Å²) in [6.45, 7) is 11.3. The third kappa shape index (κ3) is 5.97. The molecule has 1 heterocycles. The highest BCUT2D eigenvalue weighted by atomic mass is 16.1. The minimum Gasteiger partial charge on any atom is -0.370 e. The summed E-state index contributed by atoms with van der Waals surface area (Å²) in [4.78, 5) is 20.4. The highest BCUT2D eigenvalue weighted by Gasteiger charge is 2.09. The van der Waals surface area contributed by atoms with Crippen LogP contribution in [0.2, 0.25) is 0 Å². The van der Waals surface area contributed by atoms with Gasteiger partial charge < -0.3 is 16.0 Å². The second kappa shape index (κ2) is 8.44. The predicted molar refractivity (Wildman–Crippen MR) is 86.7 cm³/mol. The van der Waals surface area contributed by atoms with Gasteiger partial charge in [0.15, 0.2) is 0 Å². The van der Waals surface area contributed by atoms with E-state index in [-0.39, 0.29) is 11.9 Å². The van der Waals surface area contributed by atoms with Gasteiger partial charge in [0.05, 0.1) is 0 Å². The molecule has 1 rings (SSSR count). The third-order valence-electron chi connectivity index (χ3n) is 2.89. The van der Waals surface area contributed by atoms with Crippen LogP contribution in [0.25, 0.3) is 0 Å². The highest BCUT2D eigenvalue weighted by molar-refractivity contribution is 5.76. The quantitative estimate of drug-likeness (QED) is 0.685. The molecule has 0 radical (unpaired) electrons. The molecule has 0 bridgehead atoms. The van der Waals surface area contributed by atoms with Crippen LogP contribution in [0, 0.1) is 13.8 Å². The van der Waals surface area contributed by atoms with Gasteiger partial charge >= 0.3 is 0 Å². The van der Waals surface area contributed by atoms with E-state index in [1.165, 1.54) is 0 Å². The Hall–Kier alpha value is -1.85. The van der Waals surface area contributed by atoms with Crippen molar-refractivity contribution in [3.05, 3.63) is 11.4 Å². The molecule has 0 spiro atoms. The van der Waals surface area contributed by atoms with Crippen LogP contribution < -0.4 is 16.0 Å². The minimum absolute atomic E-state index is 0.0465. The van der Waals surface area contributed by atoms with Crippen molar-refractivity contribution < 1.29 is 4.79 Å². The number of amides is 1. The monoisotopic (exact) mass is 293 g/mol. The largest absolute Gasteiger partial charge is 0.370 e. The molecular formula is C15H27N5O. The van der Waals surface area contributed by atoms with Crippen molar-refractivity contribution >= 4 is 17.5 Å². The zero-order valence-electron chi connectivity index (χ0n) is 13.7. The Morgan fingerprint density at radius 2 is 1.67 bits per heavy atom. The number of rotatable bonds is 8. The molecule has 21 heavy (non-hydrogen) atoms. The van der Waals surface area contributed by atoms with Gasteiger partial charge in [0, 0.05) is 31.1 Å². The molecule has 0 saturated carbocycles. The van der Waals surface area contributed by atoms with Crippen LogP contribution in [0.3, 0.4) is 0 Å². The summed E-state index contributed by atoms with van der Waals surface area (Å²) < 4.78 is 0. The van der Waals surface area contributed by atoms with Gasteiger partial charge in [-0.25, -0.2) is 9.97 Å². The Morgan fingerprint density at radius 1 is 1.10 bits per heavy atom. The summed E-state index contributed by atoms with van der Waals surface area (Å²) >= 11 is 0. The van der Waals surface area contributed by atoms with Crippen LogP contribution in [-0.2, 0) is 4.79 Å². The van der Waals surface area contributed by atoms with Gasteiger partial charge in [-0.05, 0) is 34.1 Å². The molecule has 0 aliphatic carbocycles. The van der Waals surface area contributed by atoms with E-state index >= 15 is 0 Å². The summed E-state index contributed by atoms with van der Waals surface area (Å²) in [5.41, 5.74) is 0.985. The first-order valence-electron chi connectivity index (χ1n) is 7.56. The van der Waals surface area contributed by atoms with Crippen LogP contribution in [0.1, 0.15) is 45.0 Å². The average molecular weight is 293 g/mol. The van der Waals surface area contributed by atoms with E-state index in [0.29, 0.717) is 18.8 Å². The Morgan fingerprint density at radius 3 is 2.19 bits per heavy atom. The lowest BCUT2D eigenvalue weighted by molar-refractivity contribution is -0.121. The van der Waals surface area contributed by atoms with E-state index in [1.54, 1.807) is 0 Å².